The molecule has 0 aromatic carbocycles. The van der Waals surface area contributed by atoms with Gasteiger partial charge in [0.25, 0.3) is 0 Å². The molecule has 0 aliphatic heterocycles. The van der Waals surface area contributed by atoms with Gasteiger partial charge in [0.15, 0.2) is 0 Å². The van der Waals surface area contributed by atoms with Crippen molar-refractivity contribution in [1.29, 1.82) is 0 Å². The van der Waals surface area contributed by atoms with E-state index in [1.165, 1.54) is 37.7 Å². The molecule has 1 nitrogen and oxygen atoms in total. The van der Waals surface area contributed by atoms with Crippen LogP contribution >= 0.6 is 0 Å². The Morgan fingerprint density at radius 2 is 2.27 bits per heavy atom. The Kier molecular flexibility index (Phi) is 3.21. The normalized spacial score (nSPS) is 18.5. The van der Waals surface area contributed by atoms with E-state index in [1.54, 1.807) is 0 Å². The topological polar surface area (TPSA) is 12.0 Å². The molecule has 0 saturated carbocycles. The molecule has 1 rings (SSSR count). The van der Waals surface area contributed by atoms with Crippen LogP contribution in [0.5, 0.6) is 0 Å². The van der Waals surface area contributed by atoms with E-state index in [0.29, 0.717) is 0 Å². The largest absolute Gasteiger partial charge is 0.388 e. The molecule has 0 amide bonds. The molecule has 0 atom stereocenters. The molecule has 0 heterocycles. The third kappa shape index (κ3) is 2.41. The SMILES string of the molecule is C=C(NC)C1=CCCCCC1. The minimum Gasteiger partial charge on any atom is -0.388 e. The predicted octanol–water partition coefficient (Wildman–Crippen LogP) is 2.61. The summed E-state index contributed by atoms with van der Waals surface area (Å²) in [5.41, 5.74) is 2.52. The van der Waals surface area contributed by atoms with Crippen LogP contribution in [0.3, 0.4) is 0 Å². The molecule has 0 aromatic rings. The van der Waals surface area contributed by atoms with Crippen molar-refractivity contribution < 1.29 is 0 Å². The molecule has 1 N–H and O–H groups in total. The molecule has 0 unspecified atom stereocenters. The van der Waals surface area contributed by atoms with Gasteiger partial charge in [-0.2, -0.15) is 0 Å². The van der Waals surface area contributed by atoms with Gasteiger partial charge in [0, 0.05) is 12.7 Å². The maximum absolute atomic E-state index is 3.96. The summed E-state index contributed by atoms with van der Waals surface area (Å²) in [7, 11) is 1.94. The number of rotatable bonds is 2. The second kappa shape index (κ2) is 4.22. The van der Waals surface area contributed by atoms with Gasteiger partial charge in [-0.3, -0.25) is 0 Å². The summed E-state index contributed by atoms with van der Waals surface area (Å²) in [4.78, 5) is 0. The van der Waals surface area contributed by atoms with Crippen LogP contribution in [0.4, 0.5) is 0 Å². The maximum atomic E-state index is 3.96. The molecule has 62 valence electrons. The number of hydrogen-bond donors (Lipinski definition) is 1. The van der Waals surface area contributed by atoms with Crippen LogP contribution in [-0.4, -0.2) is 7.05 Å². The fourth-order valence-electron chi connectivity index (χ4n) is 1.45. The smallest absolute Gasteiger partial charge is 0.0293 e. The van der Waals surface area contributed by atoms with Crippen LogP contribution in [0, 0.1) is 0 Å². The van der Waals surface area contributed by atoms with Gasteiger partial charge in [0.05, 0.1) is 0 Å². The quantitative estimate of drug-likeness (QED) is 0.639. The molecule has 1 heteroatoms. The van der Waals surface area contributed by atoms with E-state index < -0.39 is 0 Å². The molecule has 1 aliphatic rings. The lowest BCUT2D eigenvalue weighted by molar-refractivity contribution is 0.710. The highest BCUT2D eigenvalue weighted by atomic mass is 14.8. The van der Waals surface area contributed by atoms with Crippen molar-refractivity contribution in [2.75, 3.05) is 7.05 Å². The average molecular weight is 151 g/mol. The van der Waals surface area contributed by atoms with E-state index in [2.05, 4.69) is 18.0 Å². The lowest BCUT2D eigenvalue weighted by Gasteiger charge is -2.07. The fourth-order valence-corrected chi connectivity index (χ4v) is 1.45. The van der Waals surface area contributed by atoms with Gasteiger partial charge in [-0.25, -0.2) is 0 Å². The molecule has 1 aliphatic carbocycles. The van der Waals surface area contributed by atoms with Crippen molar-refractivity contribution in [2.24, 2.45) is 0 Å². The molecule has 0 spiro atoms. The molecule has 0 saturated heterocycles. The van der Waals surface area contributed by atoms with Gasteiger partial charge in [-0.1, -0.05) is 19.1 Å². The third-order valence-corrected chi connectivity index (χ3v) is 2.23. The second-order valence-corrected chi connectivity index (χ2v) is 3.06. The molecular formula is C10H17N. The number of nitrogens with one attached hydrogen (secondary N) is 1. The Hall–Kier alpha value is -0.720. The molecule has 0 radical (unpaired) electrons. The summed E-state index contributed by atoms with van der Waals surface area (Å²) in [6.45, 7) is 3.96. The molecule has 0 fully saturated rings. The highest BCUT2D eigenvalue weighted by Crippen LogP contribution is 2.20. The first-order chi connectivity index (χ1) is 5.34. The monoisotopic (exact) mass is 151 g/mol. The Labute approximate surface area is 69.2 Å². The van der Waals surface area contributed by atoms with Crippen molar-refractivity contribution >= 4 is 0 Å². The first-order valence-electron chi connectivity index (χ1n) is 4.40. The Balaban J connectivity index is 2.53. The lowest BCUT2D eigenvalue weighted by Crippen LogP contribution is -2.06. The minimum atomic E-state index is 1.10. The zero-order valence-electron chi connectivity index (χ0n) is 7.32. The Bertz CT molecular complexity index is 168. The van der Waals surface area contributed by atoms with Crippen LogP contribution in [0.25, 0.3) is 0 Å². The highest BCUT2D eigenvalue weighted by molar-refractivity contribution is 5.26. The predicted molar refractivity (Wildman–Crippen MR) is 49.4 cm³/mol. The Morgan fingerprint density at radius 1 is 1.45 bits per heavy atom. The van der Waals surface area contributed by atoms with Crippen LogP contribution < -0.4 is 5.32 Å². The zero-order valence-corrected chi connectivity index (χ0v) is 7.32. The number of hydrogen-bond acceptors (Lipinski definition) is 1. The number of allylic oxidation sites excluding steroid dienone is 2. The number of likely N-dealkylation sites (N-methyl/N-ethyl adjacent to an activating group) is 1. The van der Waals surface area contributed by atoms with Crippen molar-refractivity contribution in [1.82, 2.24) is 5.32 Å². The zero-order chi connectivity index (χ0) is 8.10. The van der Waals surface area contributed by atoms with Gasteiger partial charge in [0.2, 0.25) is 0 Å². The lowest BCUT2D eigenvalue weighted by atomic mass is 10.1. The van der Waals surface area contributed by atoms with Crippen LogP contribution in [-0.2, 0) is 0 Å². The standard InChI is InChI=1S/C10H17N/c1-9(11-2)10-7-5-3-4-6-8-10/h7,11H,1,3-6,8H2,2H3. The third-order valence-electron chi connectivity index (χ3n) is 2.23. The van der Waals surface area contributed by atoms with Crippen molar-refractivity contribution in [2.45, 2.75) is 32.1 Å². The first-order valence-corrected chi connectivity index (χ1v) is 4.40. The summed E-state index contributed by atoms with van der Waals surface area (Å²) in [5, 5.41) is 3.10. The summed E-state index contributed by atoms with van der Waals surface area (Å²) < 4.78 is 0. The maximum Gasteiger partial charge on any atom is 0.0293 e. The Morgan fingerprint density at radius 3 is 3.00 bits per heavy atom. The van der Waals surface area contributed by atoms with Crippen LogP contribution in [0.15, 0.2) is 23.9 Å². The van der Waals surface area contributed by atoms with Gasteiger partial charge >= 0.3 is 0 Å². The van der Waals surface area contributed by atoms with Gasteiger partial charge in [0.1, 0.15) is 0 Å². The van der Waals surface area contributed by atoms with Crippen molar-refractivity contribution in [3.63, 3.8) is 0 Å². The summed E-state index contributed by atoms with van der Waals surface area (Å²) in [5.74, 6) is 0. The van der Waals surface area contributed by atoms with Crippen LogP contribution in [0.2, 0.25) is 0 Å². The first kappa shape index (κ1) is 8.38. The highest BCUT2D eigenvalue weighted by Gasteiger charge is 2.03. The minimum absolute atomic E-state index is 1.10. The van der Waals surface area contributed by atoms with E-state index in [1.807, 2.05) is 7.05 Å². The van der Waals surface area contributed by atoms with E-state index >= 15 is 0 Å². The summed E-state index contributed by atoms with van der Waals surface area (Å²) >= 11 is 0. The van der Waals surface area contributed by atoms with Crippen LogP contribution in [0.1, 0.15) is 32.1 Å². The molecular weight excluding hydrogens is 134 g/mol. The fraction of sp³-hybridized carbons (Fsp3) is 0.600. The van der Waals surface area contributed by atoms with E-state index in [0.717, 1.165) is 5.70 Å². The average Bonchev–Trinajstić information content (AvgIpc) is 2.30. The second-order valence-electron chi connectivity index (χ2n) is 3.06. The van der Waals surface area contributed by atoms with E-state index in [9.17, 15) is 0 Å². The van der Waals surface area contributed by atoms with E-state index in [4.69, 9.17) is 0 Å². The molecule has 11 heavy (non-hydrogen) atoms. The molecule has 0 bridgehead atoms. The van der Waals surface area contributed by atoms with Gasteiger partial charge in [-0.05, 0) is 31.3 Å². The summed E-state index contributed by atoms with van der Waals surface area (Å²) in [6, 6.07) is 0. The van der Waals surface area contributed by atoms with E-state index in [-0.39, 0.29) is 0 Å². The van der Waals surface area contributed by atoms with Gasteiger partial charge < -0.3 is 5.32 Å². The van der Waals surface area contributed by atoms with Crippen molar-refractivity contribution in [3.05, 3.63) is 23.9 Å². The van der Waals surface area contributed by atoms with Crippen molar-refractivity contribution in [3.8, 4) is 0 Å². The summed E-state index contributed by atoms with van der Waals surface area (Å²) in [6.07, 6.45) is 8.81. The molecule has 0 aromatic heterocycles. The van der Waals surface area contributed by atoms with Gasteiger partial charge in [-0.15, -0.1) is 0 Å².